The number of halogens is 1. The molecule has 0 saturated heterocycles. The lowest BCUT2D eigenvalue weighted by Crippen LogP contribution is -2.48. The Hall–Kier alpha value is -3.37. The van der Waals surface area contributed by atoms with Crippen molar-refractivity contribution in [2.45, 2.75) is 31.8 Å². The van der Waals surface area contributed by atoms with E-state index in [0.717, 1.165) is 25.1 Å². The van der Waals surface area contributed by atoms with E-state index < -0.39 is 0 Å². The maximum Gasteiger partial charge on any atom is 0.263 e. The average Bonchev–Trinajstić information content (AvgIpc) is 2.84. The number of nitrogens with one attached hydrogen (secondary N) is 3. The standard InChI is InChI=1S/C24H27FN6O3/c1-33-22-7-5-19-23(31-22)16(17(25)12-28-19)8-9-27-18-4-2-14(18)10-26-11-15-3-6-20-24(29-15)30-21(32)13-34-20/h3,5-7,12,14,18,26-27H,2,4,8-11,13H2,1H3,(H,29,30,32)/t14-,18+/m0/s1. The van der Waals surface area contributed by atoms with Crippen LogP contribution in [0.25, 0.3) is 11.0 Å². The summed E-state index contributed by atoms with van der Waals surface area (Å²) in [4.78, 5) is 24.5. The molecule has 0 unspecified atom stereocenters. The van der Waals surface area contributed by atoms with Gasteiger partial charge in [-0.15, -0.1) is 0 Å². The number of methoxy groups -OCH3 is 1. The van der Waals surface area contributed by atoms with E-state index in [1.54, 1.807) is 19.2 Å². The molecule has 3 aromatic rings. The minimum atomic E-state index is -0.346. The Labute approximate surface area is 196 Å². The molecule has 10 heteroatoms. The zero-order valence-corrected chi connectivity index (χ0v) is 18.9. The molecule has 0 bridgehead atoms. The number of hydrogen-bond acceptors (Lipinski definition) is 8. The highest BCUT2D eigenvalue weighted by atomic mass is 19.1. The number of pyridine rings is 3. The van der Waals surface area contributed by atoms with Crippen molar-refractivity contribution in [3.05, 3.63) is 47.5 Å². The molecule has 0 aromatic carbocycles. The largest absolute Gasteiger partial charge is 0.481 e. The molecule has 2 aliphatic rings. The Kier molecular flexibility index (Phi) is 6.50. The van der Waals surface area contributed by atoms with E-state index in [1.165, 1.54) is 6.20 Å². The van der Waals surface area contributed by atoms with E-state index in [1.807, 2.05) is 12.1 Å². The van der Waals surface area contributed by atoms with E-state index in [-0.39, 0.29) is 18.3 Å². The van der Waals surface area contributed by atoms with Crippen molar-refractivity contribution in [1.82, 2.24) is 25.6 Å². The number of rotatable bonds is 9. The number of anilines is 1. The predicted molar refractivity (Wildman–Crippen MR) is 124 cm³/mol. The summed E-state index contributed by atoms with van der Waals surface area (Å²) in [6, 6.07) is 7.64. The first-order chi connectivity index (χ1) is 16.6. The van der Waals surface area contributed by atoms with Gasteiger partial charge in [0.05, 0.1) is 30.0 Å². The van der Waals surface area contributed by atoms with Gasteiger partial charge >= 0.3 is 0 Å². The normalized spacial score (nSPS) is 19.2. The summed E-state index contributed by atoms with van der Waals surface area (Å²) in [5.74, 6) is 1.48. The minimum absolute atomic E-state index is 0.0249. The third-order valence-corrected chi connectivity index (χ3v) is 6.39. The van der Waals surface area contributed by atoms with E-state index >= 15 is 0 Å². The summed E-state index contributed by atoms with van der Waals surface area (Å²) in [5, 5.41) is 9.76. The average molecular weight is 467 g/mol. The Balaban J connectivity index is 1.11. The number of carbonyl (C=O) groups excluding carboxylic acids is 1. The zero-order valence-electron chi connectivity index (χ0n) is 18.9. The lowest BCUT2D eigenvalue weighted by atomic mass is 9.79. The van der Waals surface area contributed by atoms with Crippen LogP contribution in [0.5, 0.6) is 11.6 Å². The molecule has 0 spiro atoms. The van der Waals surface area contributed by atoms with Gasteiger partial charge in [-0.25, -0.2) is 14.4 Å². The molecule has 3 N–H and O–H groups in total. The highest BCUT2D eigenvalue weighted by molar-refractivity contribution is 5.94. The minimum Gasteiger partial charge on any atom is -0.481 e. The Morgan fingerprint density at radius 3 is 2.97 bits per heavy atom. The molecule has 4 heterocycles. The van der Waals surface area contributed by atoms with Gasteiger partial charge in [-0.3, -0.25) is 9.78 Å². The summed E-state index contributed by atoms with van der Waals surface area (Å²) in [6.07, 6.45) is 4.01. The molecule has 1 aliphatic carbocycles. The fourth-order valence-electron chi connectivity index (χ4n) is 4.38. The number of aromatic nitrogens is 3. The van der Waals surface area contributed by atoms with Crippen molar-refractivity contribution in [3.8, 4) is 11.6 Å². The molecule has 1 amide bonds. The quantitative estimate of drug-likeness (QED) is 0.440. The van der Waals surface area contributed by atoms with E-state index in [4.69, 9.17) is 9.47 Å². The lowest BCUT2D eigenvalue weighted by molar-refractivity contribution is -0.118. The third-order valence-electron chi connectivity index (χ3n) is 6.39. The zero-order chi connectivity index (χ0) is 23.5. The highest BCUT2D eigenvalue weighted by Gasteiger charge is 2.30. The highest BCUT2D eigenvalue weighted by Crippen LogP contribution is 2.28. The lowest BCUT2D eigenvalue weighted by Gasteiger charge is -2.37. The molecular weight excluding hydrogens is 439 g/mol. The maximum atomic E-state index is 14.5. The fourth-order valence-corrected chi connectivity index (χ4v) is 4.38. The number of ether oxygens (including phenoxy) is 2. The molecule has 34 heavy (non-hydrogen) atoms. The van der Waals surface area contributed by atoms with Crippen LogP contribution in [0.15, 0.2) is 30.5 Å². The van der Waals surface area contributed by atoms with Crippen LogP contribution in [0.3, 0.4) is 0 Å². The number of hydrogen-bond donors (Lipinski definition) is 3. The van der Waals surface area contributed by atoms with Crippen LogP contribution in [0.2, 0.25) is 0 Å². The molecule has 2 atom stereocenters. The smallest absolute Gasteiger partial charge is 0.263 e. The first kappa shape index (κ1) is 22.4. The van der Waals surface area contributed by atoms with Crippen molar-refractivity contribution in [2.75, 3.05) is 32.1 Å². The van der Waals surface area contributed by atoms with E-state index in [9.17, 15) is 9.18 Å². The van der Waals surface area contributed by atoms with Crippen LogP contribution in [0.4, 0.5) is 10.2 Å². The Bertz CT molecular complexity index is 1210. The Morgan fingerprint density at radius 1 is 1.24 bits per heavy atom. The van der Waals surface area contributed by atoms with Crippen LogP contribution in [-0.4, -0.2) is 53.7 Å². The van der Waals surface area contributed by atoms with Crippen LogP contribution in [0.1, 0.15) is 24.1 Å². The van der Waals surface area contributed by atoms with Crippen LogP contribution in [0, 0.1) is 11.7 Å². The van der Waals surface area contributed by atoms with Crippen LogP contribution >= 0.6 is 0 Å². The van der Waals surface area contributed by atoms with Gasteiger partial charge in [-0.1, -0.05) is 0 Å². The van der Waals surface area contributed by atoms with Gasteiger partial charge in [0.25, 0.3) is 5.91 Å². The second-order valence-electron chi connectivity index (χ2n) is 8.57. The number of carbonyl (C=O) groups is 1. The summed E-state index contributed by atoms with van der Waals surface area (Å²) in [7, 11) is 1.54. The van der Waals surface area contributed by atoms with Crippen LogP contribution < -0.4 is 25.4 Å². The van der Waals surface area contributed by atoms with Gasteiger partial charge in [0.2, 0.25) is 5.88 Å². The first-order valence-electron chi connectivity index (χ1n) is 11.5. The molecule has 3 aromatic heterocycles. The summed E-state index contributed by atoms with van der Waals surface area (Å²) >= 11 is 0. The van der Waals surface area contributed by atoms with Gasteiger partial charge in [0, 0.05) is 24.2 Å². The predicted octanol–water partition coefficient (Wildman–Crippen LogP) is 2.20. The van der Waals surface area contributed by atoms with Crippen molar-refractivity contribution in [1.29, 1.82) is 0 Å². The Morgan fingerprint density at radius 2 is 2.15 bits per heavy atom. The molecule has 5 rings (SSSR count). The molecule has 1 saturated carbocycles. The fraction of sp³-hybridized carbons (Fsp3) is 0.417. The molecule has 178 valence electrons. The van der Waals surface area contributed by atoms with E-state index in [2.05, 4.69) is 30.9 Å². The van der Waals surface area contributed by atoms with E-state index in [0.29, 0.717) is 65.5 Å². The summed E-state index contributed by atoms with van der Waals surface area (Å²) < 4.78 is 25.0. The third kappa shape index (κ3) is 4.78. The van der Waals surface area contributed by atoms with Gasteiger partial charge in [-0.05, 0) is 56.5 Å². The molecule has 0 radical (unpaired) electrons. The molecule has 1 fully saturated rings. The van der Waals surface area contributed by atoms with Gasteiger partial charge in [-0.2, -0.15) is 0 Å². The van der Waals surface area contributed by atoms with Gasteiger partial charge < -0.3 is 25.4 Å². The number of fused-ring (bicyclic) bond motifs is 2. The molecular formula is C24H27FN6O3. The van der Waals surface area contributed by atoms with Crippen molar-refractivity contribution < 1.29 is 18.7 Å². The topological polar surface area (TPSA) is 110 Å². The summed E-state index contributed by atoms with van der Waals surface area (Å²) in [5.41, 5.74) is 2.60. The second-order valence-corrected chi connectivity index (χ2v) is 8.57. The first-order valence-corrected chi connectivity index (χ1v) is 11.5. The van der Waals surface area contributed by atoms with Crippen LogP contribution in [-0.2, 0) is 17.8 Å². The monoisotopic (exact) mass is 466 g/mol. The maximum absolute atomic E-state index is 14.5. The SMILES string of the molecule is COc1ccc2ncc(F)c(CCN[C@@H]3CC[C@H]3CNCc3ccc4c(n3)NC(=O)CO4)c2n1. The number of amides is 1. The summed E-state index contributed by atoms with van der Waals surface area (Å²) in [6.45, 7) is 2.14. The van der Waals surface area contributed by atoms with Gasteiger partial charge in [0.1, 0.15) is 5.82 Å². The van der Waals surface area contributed by atoms with Gasteiger partial charge in [0.15, 0.2) is 18.2 Å². The second kappa shape index (κ2) is 9.86. The molecule has 1 aliphatic heterocycles. The number of nitrogens with zero attached hydrogens (tertiary/aromatic N) is 3. The van der Waals surface area contributed by atoms with Crippen molar-refractivity contribution in [3.63, 3.8) is 0 Å². The van der Waals surface area contributed by atoms with Crippen molar-refractivity contribution >= 4 is 22.8 Å². The molecule has 9 nitrogen and oxygen atoms in total. The van der Waals surface area contributed by atoms with Crippen molar-refractivity contribution in [2.24, 2.45) is 5.92 Å².